The van der Waals surface area contributed by atoms with Crippen LogP contribution in [0, 0.1) is 12.3 Å². The van der Waals surface area contributed by atoms with Crippen LogP contribution in [-0.4, -0.2) is 21.7 Å². The zero-order valence-electron chi connectivity index (χ0n) is 8.82. The molecule has 1 heterocycles. The second kappa shape index (κ2) is 4.42. The summed E-state index contributed by atoms with van der Waals surface area (Å²) in [4.78, 5) is 14.6. The molecule has 0 saturated carbocycles. The number of pyridine rings is 1. The fraction of sp³-hybridized carbons (Fsp3) is 0.273. The van der Waals surface area contributed by atoms with Crippen LogP contribution < -0.4 is 4.74 Å². The number of hydrogen-bond acceptors (Lipinski definition) is 3. The summed E-state index contributed by atoms with van der Waals surface area (Å²) >= 11 is 5.66. The van der Waals surface area contributed by atoms with Gasteiger partial charge in [-0.1, -0.05) is 17.5 Å². The van der Waals surface area contributed by atoms with E-state index in [0.29, 0.717) is 0 Å². The van der Waals surface area contributed by atoms with Crippen molar-refractivity contribution in [1.29, 1.82) is 0 Å². The van der Waals surface area contributed by atoms with E-state index >= 15 is 0 Å². The van der Waals surface area contributed by atoms with E-state index in [1.807, 2.05) is 0 Å². The SMILES string of the molecule is C#CC(C)(C)Oc1cc(C(=O)O)c(Cl)cn1. The van der Waals surface area contributed by atoms with Gasteiger partial charge in [-0.15, -0.1) is 6.42 Å². The molecule has 0 aromatic carbocycles. The molecule has 0 radical (unpaired) electrons. The highest BCUT2D eigenvalue weighted by Gasteiger charge is 2.18. The van der Waals surface area contributed by atoms with Crippen molar-refractivity contribution in [3.8, 4) is 18.2 Å². The Morgan fingerprint density at radius 3 is 2.81 bits per heavy atom. The molecule has 5 heteroatoms. The lowest BCUT2D eigenvalue weighted by atomic mass is 10.1. The molecular weight excluding hydrogens is 230 g/mol. The van der Waals surface area contributed by atoms with Crippen LogP contribution >= 0.6 is 11.6 Å². The zero-order valence-corrected chi connectivity index (χ0v) is 9.58. The first-order valence-corrected chi connectivity index (χ1v) is 4.79. The van der Waals surface area contributed by atoms with E-state index in [2.05, 4.69) is 10.9 Å². The fourth-order valence-corrected chi connectivity index (χ4v) is 1.11. The van der Waals surface area contributed by atoms with Gasteiger partial charge < -0.3 is 9.84 Å². The molecule has 0 bridgehead atoms. The molecule has 0 fully saturated rings. The average Bonchev–Trinajstić information content (AvgIpc) is 2.20. The summed E-state index contributed by atoms with van der Waals surface area (Å²) in [6.45, 7) is 3.34. The maximum atomic E-state index is 10.8. The normalized spacial score (nSPS) is 10.6. The maximum absolute atomic E-state index is 10.8. The van der Waals surface area contributed by atoms with E-state index in [1.54, 1.807) is 13.8 Å². The minimum absolute atomic E-state index is 0.0540. The lowest BCUT2D eigenvalue weighted by Crippen LogP contribution is -2.26. The van der Waals surface area contributed by atoms with Gasteiger partial charge in [0.2, 0.25) is 5.88 Å². The number of terminal acetylenes is 1. The topological polar surface area (TPSA) is 59.4 Å². The monoisotopic (exact) mass is 239 g/mol. The summed E-state index contributed by atoms with van der Waals surface area (Å²) < 4.78 is 5.33. The number of rotatable bonds is 3. The minimum atomic E-state index is -1.14. The zero-order chi connectivity index (χ0) is 12.3. The summed E-state index contributed by atoms with van der Waals surface area (Å²) in [6, 6.07) is 1.24. The molecule has 0 amide bonds. The highest BCUT2D eigenvalue weighted by molar-refractivity contribution is 6.33. The molecule has 1 aromatic rings. The number of carboxylic acids is 1. The molecule has 0 aliphatic carbocycles. The van der Waals surface area contributed by atoms with Crippen molar-refractivity contribution in [1.82, 2.24) is 4.98 Å². The van der Waals surface area contributed by atoms with E-state index in [9.17, 15) is 4.79 Å². The highest BCUT2D eigenvalue weighted by Crippen LogP contribution is 2.22. The predicted molar refractivity (Wildman–Crippen MR) is 59.7 cm³/mol. The van der Waals surface area contributed by atoms with Gasteiger partial charge in [-0.25, -0.2) is 9.78 Å². The number of hydrogen-bond donors (Lipinski definition) is 1. The molecule has 84 valence electrons. The predicted octanol–water partition coefficient (Wildman–Crippen LogP) is 2.22. The van der Waals surface area contributed by atoms with Crippen LogP contribution in [0.5, 0.6) is 5.88 Å². The Labute approximate surface area is 98.2 Å². The van der Waals surface area contributed by atoms with Gasteiger partial charge in [-0.3, -0.25) is 0 Å². The van der Waals surface area contributed by atoms with Gasteiger partial charge >= 0.3 is 5.97 Å². The number of carboxylic acid groups (broad SMARTS) is 1. The standard InChI is InChI=1S/C11H10ClNO3/c1-4-11(2,3)16-9-5-7(10(14)15)8(12)6-13-9/h1,5-6H,2-3H3,(H,14,15). The average molecular weight is 240 g/mol. The Bertz CT molecular complexity index is 463. The van der Waals surface area contributed by atoms with Gasteiger partial charge in [0.1, 0.15) is 0 Å². The van der Waals surface area contributed by atoms with Crippen LogP contribution in [0.1, 0.15) is 24.2 Å². The van der Waals surface area contributed by atoms with Crippen molar-refractivity contribution >= 4 is 17.6 Å². The van der Waals surface area contributed by atoms with Gasteiger partial charge in [0.05, 0.1) is 16.8 Å². The molecule has 0 saturated heterocycles. The van der Waals surface area contributed by atoms with Gasteiger partial charge in [0, 0.05) is 6.07 Å². The Hall–Kier alpha value is -1.73. The molecule has 1 rings (SSSR count). The molecular formula is C11H10ClNO3. The van der Waals surface area contributed by atoms with E-state index < -0.39 is 11.6 Å². The van der Waals surface area contributed by atoms with Crippen molar-refractivity contribution in [3.63, 3.8) is 0 Å². The number of aromatic nitrogens is 1. The van der Waals surface area contributed by atoms with Crippen LogP contribution in [0.2, 0.25) is 5.02 Å². The molecule has 4 nitrogen and oxygen atoms in total. The molecule has 1 aromatic heterocycles. The van der Waals surface area contributed by atoms with E-state index in [0.717, 1.165) is 0 Å². The maximum Gasteiger partial charge on any atom is 0.337 e. The molecule has 0 atom stereocenters. The van der Waals surface area contributed by atoms with Crippen LogP contribution in [0.3, 0.4) is 0 Å². The van der Waals surface area contributed by atoms with Crippen molar-refractivity contribution in [2.24, 2.45) is 0 Å². The Morgan fingerprint density at radius 1 is 1.69 bits per heavy atom. The van der Waals surface area contributed by atoms with Gasteiger partial charge in [0.25, 0.3) is 0 Å². The van der Waals surface area contributed by atoms with Crippen LogP contribution in [0.4, 0.5) is 0 Å². The lowest BCUT2D eigenvalue weighted by molar-refractivity contribution is 0.0695. The summed E-state index contributed by atoms with van der Waals surface area (Å²) in [5.41, 5.74) is -0.921. The molecule has 0 unspecified atom stereocenters. The number of halogens is 1. The summed E-state index contributed by atoms with van der Waals surface area (Å²) in [6.07, 6.45) is 6.45. The Balaban J connectivity index is 3.06. The lowest BCUT2D eigenvalue weighted by Gasteiger charge is -2.19. The van der Waals surface area contributed by atoms with Crippen molar-refractivity contribution in [2.45, 2.75) is 19.4 Å². The third-order valence-corrected chi connectivity index (χ3v) is 2.07. The second-order valence-corrected chi connectivity index (χ2v) is 3.97. The smallest absolute Gasteiger partial charge is 0.337 e. The second-order valence-electron chi connectivity index (χ2n) is 3.56. The molecule has 0 spiro atoms. The first kappa shape index (κ1) is 12.3. The van der Waals surface area contributed by atoms with Crippen molar-refractivity contribution in [3.05, 3.63) is 22.8 Å². The van der Waals surface area contributed by atoms with Crippen LogP contribution in [0.15, 0.2) is 12.3 Å². The third-order valence-electron chi connectivity index (χ3n) is 1.77. The minimum Gasteiger partial charge on any atom is -0.478 e. The Kier molecular flexibility index (Phi) is 3.41. The Morgan fingerprint density at radius 2 is 2.31 bits per heavy atom. The first-order chi connectivity index (χ1) is 7.35. The number of aromatic carboxylic acids is 1. The van der Waals surface area contributed by atoms with E-state index in [-0.39, 0.29) is 16.5 Å². The summed E-state index contributed by atoms with van der Waals surface area (Å²) in [5.74, 6) is 1.40. The number of ether oxygens (including phenoxy) is 1. The van der Waals surface area contributed by atoms with Gasteiger partial charge in [0.15, 0.2) is 5.60 Å². The molecule has 0 aliphatic heterocycles. The number of nitrogens with zero attached hydrogens (tertiary/aromatic N) is 1. The van der Waals surface area contributed by atoms with Gasteiger partial charge in [-0.2, -0.15) is 0 Å². The molecule has 16 heavy (non-hydrogen) atoms. The molecule has 1 N–H and O–H groups in total. The van der Waals surface area contributed by atoms with Crippen molar-refractivity contribution in [2.75, 3.05) is 0 Å². The largest absolute Gasteiger partial charge is 0.478 e. The van der Waals surface area contributed by atoms with Gasteiger partial charge in [-0.05, 0) is 13.8 Å². The quantitative estimate of drug-likeness (QED) is 0.822. The van der Waals surface area contributed by atoms with E-state index in [1.165, 1.54) is 12.3 Å². The van der Waals surface area contributed by atoms with Crippen LogP contribution in [0.25, 0.3) is 0 Å². The van der Waals surface area contributed by atoms with E-state index in [4.69, 9.17) is 27.9 Å². The van der Waals surface area contributed by atoms with Crippen molar-refractivity contribution < 1.29 is 14.6 Å². The van der Waals surface area contributed by atoms with Crippen LogP contribution in [-0.2, 0) is 0 Å². The first-order valence-electron chi connectivity index (χ1n) is 4.41. The fourth-order valence-electron chi connectivity index (χ4n) is 0.930. The number of carbonyl (C=O) groups is 1. The highest BCUT2D eigenvalue weighted by atomic mass is 35.5. The third kappa shape index (κ3) is 2.88. The summed E-state index contributed by atoms with van der Waals surface area (Å²) in [5, 5.41) is 8.89. The molecule has 0 aliphatic rings. The summed E-state index contributed by atoms with van der Waals surface area (Å²) in [7, 11) is 0.